The molecule has 10 heteroatoms. The Labute approximate surface area is 181 Å². The first kappa shape index (κ1) is 20.2. The zero-order chi connectivity index (χ0) is 21.9. The van der Waals surface area contributed by atoms with Crippen molar-refractivity contribution in [2.45, 2.75) is 38.3 Å². The maximum Gasteiger partial charge on any atom is 0.329 e. The largest absolute Gasteiger partial charge is 0.493 e. The molecule has 3 N–H and O–H groups in total. The van der Waals surface area contributed by atoms with Gasteiger partial charge in [0.15, 0.2) is 11.6 Å². The summed E-state index contributed by atoms with van der Waals surface area (Å²) in [7, 11) is 1.34. The lowest BCUT2D eigenvalue weighted by molar-refractivity contribution is 0.391. The zero-order valence-electron chi connectivity index (χ0n) is 17.4. The minimum atomic E-state index is -0.632. The van der Waals surface area contributed by atoms with Crippen molar-refractivity contribution in [1.29, 1.82) is 0 Å². The summed E-state index contributed by atoms with van der Waals surface area (Å²) in [5, 5.41) is 2.85. The Hall–Kier alpha value is -2.72. The molecule has 3 aromatic rings. The highest BCUT2D eigenvalue weighted by molar-refractivity contribution is 7.09. The summed E-state index contributed by atoms with van der Waals surface area (Å²) in [4.78, 5) is 33.9. The number of H-pyrrole nitrogens is 1. The molecule has 2 atom stereocenters. The summed E-state index contributed by atoms with van der Waals surface area (Å²) in [6.45, 7) is 2.95. The van der Waals surface area contributed by atoms with Gasteiger partial charge < -0.3 is 15.4 Å². The number of hydrogen-bond acceptors (Lipinski definition) is 7. The second-order valence-electron chi connectivity index (χ2n) is 8.30. The van der Waals surface area contributed by atoms with Gasteiger partial charge >= 0.3 is 5.69 Å². The summed E-state index contributed by atoms with van der Waals surface area (Å²) in [5.74, 6) is -0.585. The average molecular weight is 446 g/mol. The van der Waals surface area contributed by atoms with E-state index in [1.54, 1.807) is 17.7 Å². The lowest BCUT2D eigenvalue weighted by Gasteiger charge is -2.26. The van der Waals surface area contributed by atoms with Gasteiger partial charge in [0, 0.05) is 36.3 Å². The van der Waals surface area contributed by atoms with Crippen LogP contribution < -0.4 is 26.6 Å². The number of aryl methyl sites for hydroxylation is 1. The van der Waals surface area contributed by atoms with Crippen molar-refractivity contribution in [3.63, 3.8) is 0 Å². The molecule has 5 rings (SSSR count). The molecule has 1 aliphatic heterocycles. The molecule has 1 aliphatic carbocycles. The van der Waals surface area contributed by atoms with Crippen LogP contribution in [0.5, 0.6) is 5.75 Å². The van der Waals surface area contributed by atoms with E-state index in [9.17, 15) is 9.59 Å². The van der Waals surface area contributed by atoms with Crippen molar-refractivity contribution in [1.82, 2.24) is 14.5 Å². The van der Waals surface area contributed by atoms with Crippen molar-refractivity contribution in [2.75, 3.05) is 25.1 Å². The average Bonchev–Trinajstić information content (AvgIpc) is 3.22. The second-order valence-corrected chi connectivity index (χ2v) is 9.22. The molecule has 2 aromatic heterocycles. The molecule has 2 unspecified atom stereocenters. The van der Waals surface area contributed by atoms with E-state index in [0.717, 1.165) is 24.3 Å². The van der Waals surface area contributed by atoms with Crippen molar-refractivity contribution in [3.8, 4) is 5.75 Å². The van der Waals surface area contributed by atoms with Crippen molar-refractivity contribution < 1.29 is 9.13 Å². The molecule has 1 saturated carbocycles. The third-order valence-corrected chi connectivity index (χ3v) is 7.27. The molecule has 0 amide bonds. The van der Waals surface area contributed by atoms with Crippen molar-refractivity contribution >= 4 is 27.9 Å². The van der Waals surface area contributed by atoms with Gasteiger partial charge in [0.25, 0.3) is 5.56 Å². The van der Waals surface area contributed by atoms with Crippen LogP contribution in [0.25, 0.3) is 10.9 Å². The molecule has 31 heavy (non-hydrogen) atoms. The fourth-order valence-electron chi connectivity index (χ4n) is 4.76. The van der Waals surface area contributed by atoms with E-state index < -0.39 is 17.1 Å². The van der Waals surface area contributed by atoms with Crippen LogP contribution in [0.2, 0.25) is 0 Å². The Kier molecular flexibility index (Phi) is 4.86. The third-order valence-electron chi connectivity index (χ3n) is 6.39. The first-order valence-electron chi connectivity index (χ1n) is 10.4. The third kappa shape index (κ3) is 3.16. The molecule has 1 saturated heterocycles. The van der Waals surface area contributed by atoms with Gasteiger partial charge in [0.1, 0.15) is 10.4 Å². The Balaban J connectivity index is 1.65. The van der Waals surface area contributed by atoms with E-state index in [1.165, 1.54) is 18.4 Å². The number of methoxy groups -OCH3 is 1. The van der Waals surface area contributed by atoms with E-state index in [-0.39, 0.29) is 29.1 Å². The van der Waals surface area contributed by atoms with E-state index in [4.69, 9.17) is 10.5 Å². The zero-order valence-corrected chi connectivity index (χ0v) is 18.2. The van der Waals surface area contributed by atoms with Crippen LogP contribution in [0.4, 0.5) is 10.1 Å². The number of halogens is 1. The van der Waals surface area contributed by atoms with Crippen LogP contribution in [0, 0.1) is 18.7 Å². The van der Waals surface area contributed by atoms with Gasteiger partial charge in [-0.05, 0) is 32.1 Å². The van der Waals surface area contributed by atoms with Gasteiger partial charge in [-0.1, -0.05) is 0 Å². The molecule has 1 aromatic carbocycles. The molecular formula is C21H24FN5O3S. The number of anilines is 1. The fourth-order valence-corrected chi connectivity index (χ4v) is 5.49. The predicted octanol–water partition coefficient (Wildman–Crippen LogP) is 2.46. The van der Waals surface area contributed by atoms with Gasteiger partial charge in [0.05, 0.1) is 24.4 Å². The van der Waals surface area contributed by atoms with Crippen LogP contribution in [0.15, 0.2) is 21.2 Å². The topological polar surface area (TPSA) is 106 Å². The number of thiazole rings is 1. The maximum atomic E-state index is 15.7. The Morgan fingerprint density at radius 1 is 1.35 bits per heavy atom. The SMILES string of the molecule is COc1c(F)c(N2CCC(C(N)c3nccs3)C2)c(C)c2c1c(=O)[nH]c(=O)n2C1CC1. The van der Waals surface area contributed by atoms with Gasteiger partial charge in [-0.25, -0.2) is 14.2 Å². The van der Waals surface area contributed by atoms with Crippen LogP contribution in [0.3, 0.4) is 0 Å². The number of nitrogens with two attached hydrogens (primary N) is 1. The van der Waals surface area contributed by atoms with Crippen molar-refractivity contribution in [2.24, 2.45) is 11.7 Å². The molecule has 164 valence electrons. The van der Waals surface area contributed by atoms with Gasteiger partial charge in [-0.15, -0.1) is 11.3 Å². The number of aromatic amines is 1. The fraction of sp³-hybridized carbons (Fsp3) is 0.476. The Bertz CT molecular complexity index is 1260. The minimum absolute atomic E-state index is 0.0122. The smallest absolute Gasteiger partial charge is 0.329 e. The molecular weight excluding hydrogens is 421 g/mol. The Morgan fingerprint density at radius 2 is 2.13 bits per heavy atom. The highest BCUT2D eigenvalue weighted by atomic mass is 32.1. The van der Waals surface area contributed by atoms with E-state index in [2.05, 4.69) is 9.97 Å². The molecule has 2 aliphatic rings. The predicted molar refractivity (Wildman–Crippen MR) is 118 cm³/mol. The number of ether oxygens (including phenoxy) is 1. The number of fused-ring (bicyclic) bond motifs is 1. The first-order chi connectivity index (χ1) is 14.9. The summed E-state index contributed by atoms with van der Waals surface area (Å²) in [6, 6.07) is -0.207. The van der Waals surface area contributed by atoms with Gasteiger partial charge in [-0.2, -0.15) is 0 Å². The molecule has 8 nitrogen and oxygen atoms in total. The normalized spacial score (nSPS) is 19.9. The van der Waals surface area contributed by atoms with Gasteiger partial charge in [0.2, 0.25) is 0 Å². The standard InChI is InChI=1S/C21H24FN5O3S/c1-10-16-13(19(28)25-21(29)27(16)12-3-4-12)18(30-2)14(22)17(10)26-7-5-11(9-26)15(23)20-24-6-8-31-20/h6,8,11-12,15H,3-5,7,9,23H2,1-2H3,(H,25,28,29). The van der Waals surface area contributed by atoms with Crippen LogP contribution in [-0.4, -0.2) is 34.7 Å². The number of aromatic nitrogens is 3. The number of nitrogens with zero attached hydrogens (tertiary/aromatic N) is 3. The van der Waals surface area contributed by atoms with E-state index >= 15 is 4.39 Å². The molecule has 2 fully saturated rings. The quantitative estimate of drug-likeness (QED) is 0.625. The lowest BCUT2D eigenvalue weighted by atomic mass is 10.0. The summed E-state index contributed by atoms with van der Waals surface area (Å²) in [6.07, 6.45) is 4.23. The minimum Gasteiger partial charge on any atom is -0.493 e. The molecule has 0 spiro atoms. The molecule has 0 bridgehead atoms. The maximum absolute atomic E-state index is 15.7. The second kappa shape index (κ2) is 7.45. The number of nitrogens with one attached hydrogen (secondary N) is 1. The highest BCUT2D eigenvalue weighted by Gasteiger charge is 2.35. The van der Waals surface area contributed by atoms with Crippen LogP contribution >= 0.6 is 11.3 Å². The van der Waals surface area contributed by atoms with E-state index in [1.807, 2.05) is 10.3 Å². The molecule has 0 radical (unpaired) electrons. The van der Waals surface area contributed by atoms with Crippen LogP contribution in [0.1, 0.15) is 41.9 Å². The summed E-state index contributed by atoms with van der Waals surface area (Å²) in [5.41, 5.74) is 6.74. The summed E-state index contributed by atoms with van der Waals surface area (Å²) >= 11 is 1.52. The van der Waals surface area contributed by atoms with Gasteiger partial charge in [-0.3, -0.25) is 14.3 Å². The first-order valence-corrected chi connectivity index (χ1v) is 11.2. The van der Waals surface area contributed by atoms with Crippen LogP contribution in [-0.2, 0) is 0 Å². The number of hydrogen-bond donors (Lipinski definition) is 2. The number of benzene rings is 1. The Morgan fingerprint density at radius 3 is 2.77 bits per heavy atom. The molecule has 3 heterocycles. The number of rotatable bonds is 5. The highest BCUT2D eigenvalue weighted by Crippen LogP contribution is 2.43. The van der Waals surface area contributed by atoms with Crippen molar-refractivity contribution in [3.05, 3.63) is 48.8 Å². The lowest BCUT2D eigenvalue weighted by Crippen LogP contribution is -2.32. The monoisotopic (exact) mass is 445 g/mol. The summed E-state index contributed by atoms with van der Waals surface area (Å²) < 4.78 is 22.6. The van der Waals surface area contributed by atoms with E-state index in [0.29, 0.717) is 29.9 Å².